The van der Waals surface area contributed by atoms with Crippen molar-refractivity contribution in [3.8, 4) is 0 Å². The summed E-state index contributed by atoms with van der Waals surface area (Å²) in [6.07, 6.45) is 8.97. The summed E-state index contributed by atoms with van der Waals surface area (Å²) in [5, 5.41) is 0. The highest BCUT2D eigenvalue weighted by Crippen LogP contribution is 2.33. The van der Waals surface area contributed by atoms with Crippen LogP contribution in [0.15, 0.2) is 0 Å². The fraction of sp³-hybridized carbons (Fsp3) is 0.846. The molecule has 0 aromatic heterocycles. The molecule has 0 bridgehead atoms. The Morgan fingerprint density at radius 2 is 1.12 bits per heavy atom. The van der Waals surface area contributed by atoms with Gasteiger partial charge in [-0.3, -0.25) is 9.59 Å². The van der Waals surface area contributed by atoms with E-state index >= 15 is 0 Å². The molecule has 0 amide bonds. The van der Waals surface area contributed by atoms with Crippen LogP contribution < -0.4 is 0 Å². The van der Waals surface area contributed by atoms with Crippen LogP contribution in [0.4, 0.5) is 0 Å². The zero-order valence-corrected chi connectivity index (χ0v) is 10.2. The Balaban J connectivity index is 2.02. The summed E-state index contributed by atoms with van der Waals surface area (Å²) in [6.45, 7) is 0. The van der Waals surface area contributed by atoms with E-state index in [0.717, 1.165) is 25.7 Å². The largest absolute Gasteiger partial charge is 0.422 e. The summed E-state index contributed by atoms with van der Waals surface area (Å²) >= 11 is 0. The molecule has 0 aromatic rings. The second kappa shape index (κ2) is 5.52. The van der Waals surface area contributed by atoms with E-state index in [-0.39, 0.29) is 6.42 Å². The molecule has 1 spiro atoms. The molecular weight excluding hydrogens is 220 g/mol. The van der Waals surface area contributed by atoms with Gasteiger partial charge >= 0.3 is 11.9 Å². The number of hydrogen-bond donors (Lipinski definition) is 0. The van der Waals surface area contributed by atoms with E-state index in [1.165, 1.54) is 19.3 Å². The van der Waals surface area contributed by atoms with Crippen molar-refractivity contribution in [3.63, 3.8) is 0 Å². The Morgan fingerprint density at radius 3 is 1.59 bits per heavy atom. The molecule has 1 saturated heterocycles. The maximum absolute atomic E-state index is 11.4. The minimum Gasteiger partial charge on any atom is -0.422 e. The Bertz CT molecular complexity index is 270. The van der Waals surface area contributed by atoms with Crippen molar-refractivity contribution in [2.75, 3.05) is 0 Å². The third kappa shape index (κ3) is 3.45. The van der Waals surface area contributed by atoms with Gasteiger partial charge in [-0.1, -0.05) is 32.1 Å². The molecule has 2 rings (SSSR count). The molecule has 0 atom stereocenters. The normalized spacial score (nSPS) is 26.1. The summed E-state index contributed by atoms with van der Waals surface area (Å²) < 4.78 is 10.7. The Labute approximate surface area is 102 Å². The minimum atomic E-state index is -0.941. The van der Waals surface area contributed by atoms with Crippen molar-refractivity contribution in [3.05, 3.63) is 0 Å². The third-order valence-electron chi connectivity index (χ3n) is 3.50. The summed E-state index contributed by atoms with van der Waals surface area (Å²) in [6, 6.07) is 0. The standard InChI is InChI=1S/C13H20O4/c14-11-10-12(15)17-13(16-11)8-6-4-2-1-3-5-7-9-13/h1-10H2. The molecule has 0 aromatic carbocycles. The average Bonchev–Trinajstić information content (AvgIpc) is 2.26. The molecule has 96 valence electrons. The molecule has 0 unspecified atom stereocenters. The molecule has 17 heavy (non-hydrogen) atoms. The Morgan fingerprint density at radius 1 is 0.706 bits per heavy atom. The van der Waals surface area contributed by atoms with Crippen LogP contribution in [0.3, 0.4) is 0 Å². The van der Waals surface area contributed by atoms with Gasteiger partial charge < -0.3 is 9.47 Å². The first-order valence-corrected chi connectivity index (χ1v) is 6.64. The molecule has 1 saturated carbocycles. The molecule has 0 N–H and O–H groups in total. The van der Waals surface area contributed by atoms with Gasteiger partial charge in [0.25, 0.3) is 5.79 Å². The number of hydrogen-bond acceptors (Lipinski definition) is 4. The first kappa shape index (κ1) is 12.4. The lowest BCUT2D eigenvalue weighted by molar-refractivity contribution is -0.249. The number of carbonyl (C=O) groups excluding carboxylic acids is 2. The molecule has 1 heterocycles. The van der Waals surface area contributed by atoms with Gasteiger partial charge in [-0.05, 0) is 12.8 Å². The highest BCUT2D eigenvalue weighted by Gasteiger charge is 2.42. The quantitative estimate of drug-likeness (QED) is 0.482. The maximum atomic E-state index is 11.4. The van der Waals surface area contributed by atoms with Crippen LogP contribution in [0.5, 0.6) is 0 Å². The lowest BCUT2D eigenvalue weighted by atomic mass is 9.96. The summed E-state index contributed by atoms with van der Waals surface area (Å²) in [5.74, 6) is -1.80. The lowest BCUT2D eigenvalue weighted by Crippen LogP contribution is -2.45. The first-order valence-electron chi connectivity index (χ1n) is 6.64. The predicted molar refractivity (Wildman–Crippen MR) is 61.1 cm³/mol. The number of carbonyl (C=O) groups is 2. The average molecular weight is 240 g/mol. The van der Waals surface area contributed by atoms with Gasteiger partial charge in [-0.15, -0.1) is 0 Å². The van der Waals surface area contributed by atoms with Crippen LogP contribution in [-0.2, 0) is 19.1 Å². The lowest BCUT2D eigenvalue weighted by Gasteiger charge is -2.36. The van der Waals surface area contributed by atoms with E-state index in [4.69, 9.17) is 9.47 Å². The second-order valence-corrected chi connectivity index (χ2v) is 5.01. The monoisotopic (exact) mass is 240 g/mol. The van der Waals surface area contributed by atoms with Gasteiger partial charge in [0, 0.05) is 12.8 Å². The molecule has 1 aliphatic heterocycles. The van der Waals surface area contributed by atoms with E-state index in [1.54, 1.807) is 0 Å². The van der Waals surface area contributed by atoms with Crippen LogP contribution in [0.2, 0.25) is 0 Å². The zero-order chi connectivity index (χ0) is 12.1. The van der Waals surface area contributed by atoms with E-state index in [0.29, 0.717) is 12.8 Å². The zero-order valence-electron chi connectivity index (χ0n) is 10.2. The molecule has 0 radical (unpaired) electrons. The van der Waals surface area contributed by atoms with Gasteiger partial charge in [0.15, 0.2) is 0 Å². The van der Waals surface area contributed by atoms with Crippen molar-refractivity contribution in [1.29, 1.82) is 0 Å². The van der Waals surface area contributed by atoms with Crippen LogP contribution in [0, 0.1) is 0 Å². The summed E-state index contributed by atoms with van der Waals surface area (Å²) in [5.41, 5.74) is 0. The molecule has 2 aliphatic rings. The number of esters is 2. The summed E-state index contributed by atoms with van der Waals surface area (Å²) in [7, 11) is 0. The van der Waals surface area contributed by atoms with Crippen molar-refractivity contribution in [2.45, 2.75) is 70.0 Å². The van der Waals surface area contributed by atoms with Gasteiger partial charge in [0.1, 0.15) is 6.42 Å². The van der Waals surface area contributed by atoms with Gasteiger partial charge in [-0.25, -0.2) is 0 Å². The molecule has 4 nitrogen and oxygen atoms in total. The SMILES string of the molecule is O=C1CC(=O)OC2(CCCCCCCCC2)O1. The predicted octanol–water partition coefficient (Wildman–Crippen LogP) is 2.70. The molecule has 4 heteroatoms. The Kier molecular flexibility index (Phi) is 4.02. The highest BCUT2D eigenvalue weighted by molar-refractivity contribution is 5.93. The Hall–Kier alpha value is -1.06. The smallest absolute Gasteiger partial charge is 0.320 e. The van der Waals surface area contributed by atoms with Gasteiger partial charge in [0.05, 0.1) is 0 Å². The first-order chi connectivity index (χ1) is 8.20. The van der Waals surface area contributed by atoms with Crippen molar-refractivity contribution in [2.24, 2.45) is 0 Å². The van der Waals surface area contributed by atoms with Crippen LogP contribution in [0.25, 0.3) is 0 Å². The number of rotatable bonds is 0. The van der Waals surface area contributed by atoms with E-state index in [1.807, 2.05) is 0 Å². The maximum Gasteiger partial charge on any atom is 0.320 e. The third-order valence-corrected chi connectivity index (χ3v) is 3.50. The van der Waals surface area contributed by atoms with Crippen LogP contribution >= 0.6 is 0 Å². The fourth-order valence-corrected chi connectivity index (χ4v) is 2.63. The van der Waals surface area contributed by atoms with Crippen molar-refractivity contribution in [1.82, 2.24) is 0 Å². The molecule has 2 fully saturated rings. The van der Waals surface area contributed by atoms with E-state index in [9.17, 15) is 9.59 Å². The van der Waals surface area contributed by atoms with Crippen molar-refractivity contribution >= 4 is 11.9 Å². The van der Waals surface area contributed by atoms with Crippen molar-refractivity contribution < 1.29 is 19.1 Å². The summed E-state index contributed by atoms with van der Waals surface area (Å²) in [4.78, 5) is 22.8. The fourth-order valence-electron chi connectivity index (χ4n) is 2.63. The van der Waals surface area contributed by atoms with E-state index in [2.05, 4.69) is 0 Å². The number of ether oxygens (including phenoxy) is 2. The topological polar surface area (TPSA) is 52.6 Å². The molecule has 1 aliphatic carbocycles. The second-order valence-electron chi connectivity index (χ2n) is 5.01. The van der Waals surface area contributed by atoms with Crippen LogP contribution in [-0.4, -0.2) is 17.7 Å². The highest BCUT2D eigenvalue weighted by atomic mass is 16.7. The van der Waals surface area contributed by atoms with Gasteiger partial charge in [0.2, 0.25) is 0 Å². The van der Waals surface area contributed by atoms with Gasteiger partial charge in [-0.2, -0.15) is 0 Å². The molecular formula is C13H20O4. The van der Waals surface area contributed by atoms with Crippen LogP contribution in [0.1, 0.15) is 64.2 Å². The minimum absolute atomic E-state index is 0.234. The van der Waals surface area contributed by atoms with E-state index < -0.39 is 17.7 Å².